The molecule has 2 amide bonds. The topological polar surface area (TPSA) is 95.6 Å². The average molecular weight is 418 g/mol. The van der Waals surface area contributed by atoms with E-state index in [1.807, 2.05) is 26.0 Å². The highest BCUT2D eigenvalue weighted by atomic mass is 32.2. The van der Waals surface area contributed by atoms with Crippen molar-refractivity contribution in [2.75, 3.05) is 18.9 Å². The second-order valence-corrected chi connectivity index (χ2v) is 8.74. The first-order valence-electron chi connectivity index (χ1n) is 9.36. The molecule has 29 heavy (non-hydrogen) atoms. The fraction of sp³-hybridized carbons (Fsp3) is 0.333. The van der Waals surface area contributed by atoms with Crippen LogP contribution in [0.3, 0.4) is 0 Å². The highest BCUT2D eigenvalue weighted by molar-refractivity contribution is 7.89. The molecule has 0 saturated heterocycles. The molecule has 0 aliphatic carbocycles. The summed E-state index contributed by atoms with van der Waals surface area (Å²) in [6.07, 6.45) is 0.672. The van der Waals surface area contributed by atoms with E-state index in [1.165, 1.54) is 36.2 Å². The van der Waals surface area contributed by atoms with Crippen LogP contribution in [0.4, 0.5) is 5.69 Å². The summed E-state index contributed by atoms with van der Waals surface area (Å²) >= 11 is 0. The largest absolute Gasteiger partial charge is 0.332 e. The van der Waals surface area contributed by atoms with Crippen molar-refractivity contribution < 1.29 is 18.0 Å². The fourth-order valence-electron chi connectivity index (χ4n) is 2.54. The normalized spacial score (nSPS) is 12.3. The minimum atomic E-state index is -3.63. The maximum atomic E-state index is 12.5. The highest BCUT2D eigenvalue weighted by Gasteiger charge is 2.19. The zero-order valence-corrected chi connectivity index (χ0v) is 17.9. The average Bonchev–Trinajstić information content (AvgIpc) is 2.68. The van der Waals surface area contributed by atoms with Crippen LogP contribution in [0.15, 0.2) is 53.4 Å². The van der Waals surface area contributed by atoms with Gasteiger partial charge in [-0.2, -0.15) is 0 Å². The van der Waals surface area contributed by atoms with Crippen molar-refractivity contribution >= 4 is 27.5 Å². The Morgan fingerprint density at radius 1 is 1.03 bits per heavy atom. The maximum Gasteiger partial charge on any atom is 0.254 e. The summed E-state index contributed by atoms with van der Waals surface area (Å²) in [6, 6.07) is 12.8. The van der Waals surface area contributed by atoms with Crippen LogP contribution in [-0.4, -0.2) is 44.8 Å². The molecule has 0 radical (unpaired) electrons. The molecule has 2 N–H and O–H groups in total. The number of aryl methyl sites for hydroxylation is 1. The van der Waals surface area contributed by atoms with E-state index in [0.717, 1.165) is 5.56 Å². The van der Waals surface area contributed by atoms with Crippen LogP contribution in [0.1, 0.15) is 36.2 Å². The molecule has 0 saturated carbocycles. The summed E-state index contributed by atoms with van der Waals surface area (Å²) < 4.78 is 27.2. The first-order chi connectivity index (χ1) is 13.6. The van der Waals surface area contributed by atoms with Gasteiger partial charge >= 0.3 is 0 Å². The van der Waals surface area contributed by atoms with Crippen LogP contribution in [0.2, 0.25) is 0 Å². The van der Waals surface area contributed by atoms with Gasteiger partial charge in [0, 0.05) is 24.3 Å². The van der Waals surface area contributed by atoms with Crippen molar-refractivity contribution in [1.29, 1.82) is 0 Å². The Labute approximate surface area is 172 Å². The molecule has 0 aromatic heterocycles. The van der Waals surface area contributed by atoms with Crippen LogP contribution >= 0.6 is 0 Å². The van der Waals surface area contributed by atoms with Crippen LogP contribution in [0.25, 0.3) is 0 Å². The van der Waals surface area contributed by atoms with Gasteiger partial charge in [0.05, 0.1) is 11.4 Å². The van der Waals surface area contributed by atoms with Gasteiger partial charge in [-0.3, -0.25) is 9.59 Å². The van der Waals surface area contributed by atoms with Gasteiger partial charge in [0.1, 0.15) is 0 Å². The molecule has 2 aromatic carbocycles. The molecule has 0 bridgehead atoms. The van der Waals surface area contributed by atoms with Crippen LogP contribution in [0, 0.1) is 6.92 Å². The molecule has 156 valence electrons. The molecule has 1 atom stereocenters. The summed E-state index contributed by atoms with van der Waals surface area (Å²) in [7, 11) is -2.11. The second-order valence-electron chi connectivity index (χ2n) is 7.03. The number of carbonyl (C=O) groups excluding carboxylic acids is 2. The van der Waals surface area contributed by atoms with Crippen molar-refractivity contribution in [3.8, 4) is 0 Å². The first kappa shape index (κ1) is 22.6. The quantitative estimate of drug-likeness (QED) is 0.690. The zero-order valence-electron chi connectivity index (χ0n) is 17.1. The summed E-state index contributed by atoms with van der Waals surface area (Å²) in [5, 5.41) is 2.74. The third kappa shape index (κ3) is 6.40. The highest BCUT2D eigenvalue weighted by Crippen LogP contribution is 2.13. The third-order valence-corrected chi connectivity index (χ3v) is 6.05. The van der Waals surface area contributed by atoms with Gasteiger partial charge in [0.25, 0.3) is 5.91 Å². The SMILES string of the molecule is CC[C@@H](C)NS(=O)(=O)c1ccc(C(=O)N(C)CC(=O)Nc2ccc(C)cc2)cc1. The van der Waals surface area contributed by atoms with Gasteiger partial charge < -0.3 is 10.2 Å². The Morgan fingerprint density at radius 2 is 1.62 bits per heavy atom. The number of carbonyl (C=O) groups is 2. The van der Waals surface area contributed by atoms with Crippen LogP contribution in [0.5, 0.6) is 0 Å². The number of nitrogens with one attached hydrogen (secondary N) is 2. The van der Waals surface area contributed by atoms with Crippen molar-refractivity contribution in [2.45, 2.75) is 38.1 Å². The van der Waals surface area contributed by atoms with Crippen molar-refractivity contribution in [1.82, 2.24) is 9.62 Å². The molecule has 0 aliphatic heterocycles. The fourth-order valence-corrected chi connectivity index (χ4v) is 3.86. The lowest BCUT2D eigenvalue weighted by molar-refractivity contribution is -0.116. The Morgan fingerprint density at radius 3 is 2.17 bits per heavy atom. The number of hydrogen-bond acceptors (Lipinski definition) is 4. The van der Waals surface area contributed by atoms with E-state index in [9.17, 15) is 18.0 Å². The molecule has 0 unspecified atom stereocenters. The smallest absolute Gasteiger partial charge is 0.254 e. The monoisotopic (exact) mass is 417 g/mol. The van der Waals surface area contributed by atoms with Gasteiger partial charge in [-0.1, -0.05) is 24.6 Å². The number of nitrogens with zero attached hydrogens (tertiary/aromatic N) is 1. The lowest BCUT2D eigenvalue weighted by Crippen LogP contribution is -2.35. The van der Waals surface area contributed by atoms with E-state index >= 15 is 0 Å². The number of benzene rings is 2. The van der Waals surface area contributed by atoms with E-state index in [1.54, 1.807) is 19.1 Å². The van der Waals surface area contributed by atoms with Crippen molar-refractivity contribution in [3.05, 3.63) is 59.7 Å². The number of amides is 2. The predicted molar refractivity (Wildman–Crippen MR) is 113 cm³/mol. The molecule has 0 heterocycles. The van der Waals surface area contributed by atoms with Gasteiger partial charge in [0.2, 0.25) is 15.9 Å². The lowest BCUT2D eigenvalue weighted by Gasteiger charge is -2.17. The minimum Gasteiger partial charge on any atom is -0.332 e. The van der Waals surface area contributed by atoms with E-state index in [0.29, 0.717) is 17.7 Å². The first-order valence-corrected chi connectivity index (χ1v) is 10.8. The number of sulfonamides is 1. The van der Waals surface area contributed by atoms with E-state index in [2.05, 4.69) is 10.0 Å². The standard InChI is InChI=1S/C21H27N3O4S/c1-5-16(3)23-29(27,28)19-12-8-17(9-13-19)21(26)24(4)14-20(25)22-18-10-6-15(2)7-11-18/h6-13,16,23H,5,14H2,1-4H3,(H,22,25)/t16-/m1/s1. The number of hydrogen-bond donors (Lipinski definition) is 2. The van der Waals surface area contributed by atoms with Crippen LogP contribution in [-0.2, 0) is 14.8 Å². The summed E-state index contributed by atoms with van der Waals surface area (Å²) in [6.45, 7) is 5.50. The summed E-state index contributed by atoms with van der Waals surface area (Å²) in [5.74, 6) is -0.690. The summed E-state index contributed by atoms with van der Waals surface area (Å²) in [4.78, 5) is 26.1. The Hall–Kier alpha value is -2.71. The Kier molecular flexibility index (Phi) is 7.53. The molecule has 8 heteroatoms. The van der Waals surface area contributed by atoms with Gasteiger partial charge in [-0.25, -0.2) is 13.1 Å². The van der Waals surface area contributed by atoms with Crippen LogP contribution < -0.4 is 10.0 Å². The second kappa shape index (κ2) is 9.67. The molecule has 0 fully saturated rings. The van der Waals surface area contributed by atoms with E-state index < -0.39 is 10.0 Å². The van der Waals surface area contributed by atoms with Gasteiger partial charge in [-0.05, 0) is 56.7 Å². The molecule has 7 nitrogen and oxygen atoms in total. The molecular formula is C21H27N3O4S. The molecule has 0 spiro atoms. The van der Waals surface area contributed by atoms with Gasteiger partial charge in [-0.15, -0.1) is 0 Å². The lowest BCUT2D eigenvalue weighted by atomic mass is 10.2. The molecule has 2 aromatic rings. The van der Waals surface area contributed by atoms with E-state index in [4.69, 9.17) is 0 Å². The number of rotatable bonds is 8. The Bertz CT molecular complexity index is 954. The zero-order chi connectivity index (χ0) is 21.6. The predicted octanol–water partition coefficient (Wildman–Crippen LogP) is 2.78. The molecular weight excluding hydrogens is 390 g/mol. The number of likely N-dealkylation sites (N-methyl/N-ethyl adjacent to an activating group) is 1. The minimum absolute atomic E-state index is 0.0918. The third-order valence-electron chi connectivity index (χ3n) is 4.44. The molecule has 2 rings (SSSR count). The van der Waals surface area contributed by atoms with Crippen molar-refractivity contribution in [2.24, 2.45) is 0 Å². The summed E-state index contributed by atoms with van der Waals surface area (Å²) in [5.41, 5.74) is 2.04. The van der Waals surface area contributed by atoms with E-state index in [-0.39, 0.29) is 29.3 Å². The Balaban J connectivity index is 2.00. The molecule has 0 aliphatic rings. The van der Waals surface area contributed by atoms with Gasteiger partial charge in [0.15, 0.2) is 0 Å². The van der Waals surface area contributed by atoms with Crippen molar-refractivity contribution in [3.63, 3.8) is 0 Å². The maximum absolute atomic E-state index is 12.5. The number of anilines is 1.